The number of rotatable bonds is 2. The molecule has 2 rings (SSSR count). The summed E-state index contributed by atoms with van der Waals surface area (Å²) in [5.74, 6) is 0.900. The van der Waals surface area contributed by atoms with Crippen LogP contribution in [0.1, 0.15) is 12.8 Å². The van der Waals surface area contributed by atoms with Crippen LogP contribution in [-0.2, 0) is 11.3 Å². The Kier molecular flexibility index (Phi) is 3.01. The van der Waals surface area contributed by atoms with Crippen LogP contribution in [0.5, 0.6) is 0 Å². The maximum absolute atomic E-state index is 11.1. The zero-order valence-electron chi connectivity index (χ0n) is 8.85. The predicted molar refractivity (Wildman–Crippen MR) is 54.0 cm³/mol. The Morgan fingerprint density at radius 1 is 1.47 bits per heavy atom. The van der Waals surface area contributed by atoms with Gasteiger partial charge in [-0.15, -0.1) is 0 Å². The number of carbonyl (C=O) groups is 1. The molecule has 1 fully saturated rings. The third-order valence-corrected chi connectivity index (χ3v) is 2.66. The fourth-order valence-electron chi connectivity index (χ4n) is 1.74. The molecule has 15 heavy (non-hydrogen) atoms. The molecule has 1 amide bonds. The van der Waals surface area contributed by atoms with Crippen molar-refractivity contribution in [2.24, 2.45) is 0 Å². The van der Waals surface area contributed by atoms with E-state index >= 15 is 0 Å². The van der Waals surface area contributed by atoms with E-state index in [1.807, 2.05) is 4.90 Å². The van der Waals surface area contributed by atoms with Crippen LogP contribution in [0.2, 0.25) is 0 Å². The molecule has 0 spiro atoms. The summed E-state index contributed by atoms with van der Waals surface area (Å²) in [5.41, 5.74) is 0. The minimum Gasteiger partial charge on any atom is -0.448 e. The van der Waals surface area contributed by atoms with Gasteiger partial charge in [-0.1, -0.05) is 0 Å². The summed E-state index contributed by atoms with van der Waals surface area (Å²) in [5, 5.41) is 0. The standard InChI is InChI=1S/C10H15N3O2/c1-9(14)13-5-3-12(4-6-13)8-10-11-2-7-15-10/h2,7H,3-6,8H2,1H3. The van der Waals surface area contributed by atoms with Crippen molar-refractivity contribution in [2.45, 2.75) is 13.5 Å². The zero-order valence-corrected chi connectivity index (χ0v) is 8.85. The minimum atomic E-state index is 0.158. The average Bonchev–Trinajstić information content (AvgIpc) is 2.71. The van der Waals surface area contributed by atoms with Gasteiger partial charge in [0, 0.05) is 33.1 Å². The molecule has 0 radical (unpaired) electrons. The summed E-state index contributed by atoms with van der Waals surface area (Å²) in [6, 6.07) is 0. The van der Waals surface area contributed by atoms with Crippen molar-refractivity contribution in [3.63, 3.8) is 0 Å². The van der Waals surface area contributed by atoms with Gasteiger partial charge in [0.25, 0.3) is 0 Å². The molecule has 0 saturated carbocycles. The predicted octanol–water partition coefficient (Wildman–Crippen LogP) is 0.339. The first-order valence-electron chi connectivity index (χ1n) is 5.12. The quantitative estimate of drug-likeness (QED) is 0.704. The Hall–Kier alpha value is -1.36. The molecule has 0 bridgehead atoms. The molecule has 82 valence electrons. The van der Waals surface area contributed by atoms with E-state index in [2.05, 4.69) is 9.88 Å². The molecule has 5 nitrogen and oxygen atoms in total. The summed E-state index contributed by atoms with van der Waals surface area (Å²) < 4.78 is 5.18. The Bertz CT molecular complexity index is 315. The van der Waals surface area contributed by atoms with Gasteiger partial charge in [0.1, 0.15) is 6.26 Å². The topological polar surface area (TPSA) is 49.6 Å². The number of amides is 1. The molecule has 2 heterocycles. The van der Waals surface area contributed by atoms with Gasteiger partial charge in [-0.05, 0) is 0 Å². The van der Waals surface area contributed by atoms with Gasteiger partial charge in [0.05, 0.1) is 12.7 Å². The molecule has 0 atom stereocenters. The normalized spacial score (nSPS) is 18.1. The van der Waals surface area contributed by atoms with Gasteiger partial charge in [0.2, 0.25) is 11.8 Å². The highest BCUT2D eigenvalue weighted by molar-refractivity contribution is 5.73. The van der Waals surface area contributed by atoms with Crippen LogP contribution in [0, 0.1) is 0 Å². The largest absolute Gasteiger partial charge is 0.448 e. The van der Waals surface area contributed by atoms with E-state index in [0.29, 0.717) is 0 Å². The summed E-state index contributed by atoms with van der Waals surface area (Å²) in [4.78, 5) is 19.3. The monoisotopic (exact) mass is 209 g/mol. The van der Waals surface area contributed by atoms with Crippen molar-refractivity contribution in [1.29, 1.82) is 0 Å². The van der Waals surface area contributed by atoms with Crippen molar-refractivity contribution in [3.8, 4) is 0 Å². The van der Waals surface area contributed by atoms with Gasteiger partial charge in [-0.3, -0.25) is 9.69 Å². The summed E-state index contributed by atoms with van der Waals surface area (Å²) in [6.07, 6.45) is 3.24. The van der Waals surface area contributed by atoms with E-state index in [4.69, 9.17) is 4.42 Å². The lowest BCUT2D eigenvalue weighted by atomic mass is 10.3. The number of aromatic nitrogens is 1. The fraction of sp³-hybridized carbons (Fsp3) is 0.600. The van der Waals surface area contributed by atoms with Crippen molar-refractivity contribution in [3.05, 3.63) is 18.4 Å². The lowest BCUT2D eigenvalue weighted by molar-refractivity contribution is -0.130. The van der Waals surface area contributed by atoms with Crippen LogP contribution in [-0.4, -0.2) is 46.9 Å². The van der Waals surface area contributed by atoms with Crippen LogP contribution in [0.15, 0.2) is 16.9 Å². The van der Waals surface area contributed by atoms with Gasteiger partial charge in [-0.25, -0.2) is 4.98 Å². The van der Waals surface area contributed by atoms with Crippen LogP contribution in [0.3, 0.4) is 0 Å². The van der Waals surface area contributed by atoms with Crippen molar-refractivity contribution < 1.29 is 9.21 Å². The molecule has 0 N–H and O–H groups in total. The molecule has 1 aromatic rings. The van der Waals surface area contributed by atoms with E-state index in [9.17, 15) is 4.79 Å². The summed E-state index contributed by atoms with van der Waals surface area (Å²) >= 11 is 0. The SMILES string of the molecule is CC(=O)N1CCN(Cc2ncco2)CC1. The zero-order chi connectivity index (χ0) is 10.7. The second kappa shape index (κ2) is 4.44. The second-order valence-corrected chi connectivity index (χ2v) is 3.71. The molecule has 0 aliphatic carbocycles. The van der Waals surface area contributed by atoms with Crippen molar-refractivity contribution in [1.82, 2.24) is 14.8 Å². The van der Waals surface area contributed by atoms with E-state index in [1.54, 1.807) is 19.4 Å². The fourth-order valence-corrected chi connectivity index (χ4v) is 1.74. The second-order valence-electron chi connectivity index (χ2n) is 3.71. The lowest BCUT2D eigenvalue weighted by Gasteiger charge is -2.33. The maximum atomic E-state index is 11.1. The van der Waals surface area contributed by atoms with E-state index < -0.39 is 0 Å². The first-order valence-corrected chi connectivity index (χ1v) is 5.12. The molecule has 1 aliphatic heterocycles. The molecule has 1 aromatic heterocycles. The third-order valence-electron chi connectivity index (χ3n) is 2.66. The highest BCUT2D eigenvalue weighted by atomic mass is 16.3. The molecular weight excluding hydrogens is 194 g/mol. The number of nitrogens with zero attached hydrogens (tertiary/aromatic N) is 3. The van der Waals surface area contributed by atoms with Gasteiger partial charge in [0.15, 0.2) is 0 Å². The average molecular weight is 209 g/mol. The molecular formula is C10H15N3O2. The van der Waals surface area contributed by atoms with Crippen LogP contribution < -0.4 is 0 Å². The van der Waals surface area contributed by atoms with Crippen LogP contribution in [0.25, 0.3) is 0 Å². The van der Waals surface area contributed by atoms with E-state index in [0.717, 1.165) is 38.6 Å². The number of hydrogen-bond acceptors (Lipinski definition) is 4. The lowest BCUT2D eigenvalue weighted by Crippen LogP contribution is -2.47. The Morgan fingerprint density at radius 3 is 2.73 bits per heavy atom. The molecule has 0 unspecified atom stereocenters. The van der Waals surface area contributed by atoms with Crippen LogP contribution in [0.4, 0.5) is 0 Å². The van der Waals surface area contributed by atoms with Crippen LogP contribution >= 0.6 is 0 Å². The van der Waals surface area contributed by atoms with E-state index in [-0.39, 0.29) is 5.91 Å². The number of piperazine rings is 1. The maximum Gasteiger partial charge on any atom is 0.219 e. The minimum absolute atomic E-state index is 0.158. The Labute approximate surface area is 88.7 Å². The first kappa shape index (κ1) is 10.2. The number of oxazole rings is 1. The van der Waals surface area contributed by atoms with Gasteiger partial charge < -0.3 is 9.32 Å². The number of hydrogen-bond donors (Lipinski definition) is 0. The van der Waals surface area contributed by atoms with Gasteiger partial charge in [-0.2, -0.15) is 0 Å². The molecule has 0 aromatic carbocycles. The Balaban J connectivity index is 1.81. The smallest absolute Gasteiger partial charge is 0.219 e. The Morgan fingerprint density at radius 2 is 2.20 bits per heavy atom. The number of carbonyl (C=O) groups excluding carboxylic acids is 1. The summed E-state index contributed by atoms with van der Waals surface area (Å²) in [6.45, 7) is 5.73. The highest BCUT2D eigenvalue weighted by Gasteiger charge is 2.19. The highest BCUT2D eigenvalue weighted by Crippen LogP contribution is 2.06. The third kappa shape index (κ3) is 2.56. The van der Waals surface area contributed by atoms with Crippen molar-refractivity contribution >= 4 is 5.91 Å². The van der Waals surface area contributed by atoms with Crippen molar-refractivity contribution in [2.75, 3.05) is 26.2 Å². The molecule has 5 heteroatoms. The first-order chi connectivity index (χ1) is 7.25. The molecule has 1 saturated heterocycles. The molecule has 1 aliphatic rings. The summed E-state index contributed by atoms with van der Waals surface area (Å²) in [7, 11) is 0. The van der Waals surface area contributed by atoms with E-state index in [1.165, 1.54) is 0 Å². The van der Waals surface area contributed by atoms with Gasteiger partial charge >= 0.3 is 0 Å².